The van der Waals surface area contributed by atoms with Crippen molar-refractivity contribution in [3.63, 3.8) is 0 Å². The van der Waals surface area contributed by atoms with Crippen molar-refractivity contribution in [2.24, 2.45) is 4.99 Å². The highest BCUT2D eigenvalue weighted by molar-refractivity contribution is 9.10. The summed E-state index contributed by atoms with van der Waals surface area (Å²) in [4.78, 5) is 45.9. The van der Waals surface area contributed by atoms with Crippen LogP contribution in [0.4, 0.5) is 10.5 Å². The zero-order chi connectivity index (χ0) is 28.4. The molecule has 0 bridgehead atoms. The standard InChI is InChI=1S/C29H28BrN5O5/c1-18(2)40-24-16-22(35(38)39)12-13-23(24)28-32-26(19-6-4-3-5-7-19)27(20-8-10-21(30)11-9-20)34(28)29(37)33-15-14-31-25(36)17-33/h3-13,16,18,26-27H,14-15,17H2,1-2H3,(H,31,36)/t26-,27+/m0/s1. The number of nitrogens with zero attached hydrogens (tertiary/aromatic N) is 4. The van der Waals surface area contributed by atoms with Crippen LogP contribution in [0.1, 0.15) is 42.6 Å². The number of carbonyl (C=O) groups excluding carboxylic acids is 2. The molecule has 0 aromatic heterocycles. The minimum atomic E-state index is -0.551. The van der Waals surface area contributed by atoms with Gasteiger partial charge in [-0.3, -0.25) is 24.8 Å². The van der Waals surface area contributed by atoms with Gasteiger partial charge in [0, 0.05) is 23.6 Å². The molecule has 11 heteroatoms. The minimum Gasteiger partial charge on any atom is -0.490 e. The summed E-state index contributed by atoms with van der Waals surface area (Å²) in [5.74, 6) is 0.333. The fraction of sp³-hybridized carbons (Fsp3) is 0.276. The van der Waals surface area contributed by atoms with Crippen LogP contribution in [0.5, 0.6) is 5.75 Å². The third-order valence-corrected chi connectivity index (χ3v) is 7.24. The van der Waals surface area contributed by atoms with E-state index in [4.69, 9.17) is 9.73 Å². The number of nitro benzene ring substituents is 1. The van der Waals surface area contributed by atoms with E-state index in [2.05, 4.69) is 21.2 Å². The maximum absolute atomic E-state index is 14.3. The second kappa shape index (κ2) is 11.5. The molecule has 0 spiro atoms. The molecule has 1 N–H and O–H groups in total. The molecule has 1 fully saturated rings. The van der Waals surface area contributed by atoms with Gasteiger partial charge in [0.05, 0.1) is 28.7 Å². The molecule has 3 aromatic rings. The van der Waals surface area contributed by atoms with E-state index < -0.39 is 17.0 Å². The van der Waals surface area contributed by atoms with Crippen molar-refractivity contribution >= 4 is 39.4 Å². The lowest BCUT2D eigenvalue weighted by molar-refractivity contribution is -0.384. The summed E-state index contributed by atoms with van der Waals surface area (Å²) in [6, 6.07) is 20.3. The molecule has 2 aliphatic heterocycles. The van der Waals surface area contributed by atoms with Gasteiger partial charge >= 0.3 is 6.03 Å². The molecule has 2 aliphatic rings. The number of ether oxygens (including phenoxy) is 1. The highest BCUT2D eigenvalue weighted by atomic mass is 79.9. The van der Waals surface area contributed by atoms with E-state index in [1.165, 1.54) is 17.0 Å². The maximum Gasteiger partial charge on any atom is 0.326 e. The number of urea groups is 1. The number of carbonyl (C=O) groups is 2. The first-order chi connectivity index (χ1) is 19.2. The van der Waals surface area contributed by atoms with Crippen LogP contribution in [0.2, 0.25) is 0 Å². The van der Waals surface area contributed by atoms with Crippen LogP contribution in [0, 0.1) is 10.1 Å². The van der Waals surface area contributed by atoms with Crippen LogP contribution in [0.25, 0.3) is 0 Å². The fourth-order valence-corrected chi connectivity index (χ4v) is 5.22. The molecule has 3 aromatic carbocycles. The molecular weight excluding hydrogens is 578 g/mol. The monoisotopic (exact) mass is 605 g/mol. The van der Waals surface area contributed by atoms with Crippen molar-refractivity contribution in [1.29, 1.82) is 0 Å². The zero-order valence-corrected chi connectivity index (χ0v) is 23.6. The lowest BCUT2D eigenvalue weighted by Crippen LogP contribution is -2.55. The molecule has 2 heterocycles. The first-order valence-corrected chi connectivity index (χ1v) is 13.7. The predicted octanol–water partition coefficient (Wildman–Crippen LogP) is 5.24. The number of non-ortho nitro benzene ring substituents is 1. The van der Waals surface area contributed by atoms with E-state index in [0.717, 1.165) is 15.6 Å². The molecule has 0 radical (unpaired) electrons. The maximum atomic E-state index is 14.3. The molecule has 2 atom stereocenters. The van der Waals surface area contributed by atoms with Crippen LogP contribution in [-0.2, 0) is 4.79 Å². The zero-order valence-electron chi connectivity index (χ0n) is 22.0. The summed E-state index contributed by atoms with van der Waals surface area (Å²) >= 11 is 3.49. The predicted molar refractivity (Wildman–Crippen MR) is 153 cm³/mol. The number of halogens is 1. The van der Waals surface area contributed by atoms with Crippen LogP contribution in [-0.4, -0.2) is 58.2 Å². The lowest BCUT2D eigenvalue weighted by Gasteiger charge is -2.35. The Labute approximate surface area is 239 Å². The highest BCUT2D eigenvalue weighted by Crippen LogP contribution is 2.45. The van der Waals surface area contributed by atoms with Crippen molar-refractivity contribution in [1.82, 2.24) is 15.1 Å². The normalized spacial score (nSPS) is 18.9. The number of benzene rings is 3. The van der Waals surface area contributed by atoms with Crippen LogP contribution in [0.3, 0.4) is 0 Å². The molecule has 0 unspecified atom stereocenters. The number of piperazine rings is 1. The SMILES string of the molecule is CC(C)Oc1cc([N+](=O)[O-])ccc1C1=N[C@@H](c2ccccc2)[C@@H](c2ccc(Br)cc2)N1C(=O)N1CCNC(=O)C1. The average Bonchev–Trinajstić information content (AvgIpc) is 3.33. The minimum absolute atomic E-state index is 0.0821. The van der Waals surface area contributed by atoms with Gasteiger partial charge in [-0.05, 0) is 43.2 Å². The number of amides is 3. The molecular formula is C29H28BrN5O5. The Morgan fingerprint density at radius 1 is 1.10 bits per heavy atom. The number of hydrogen-bond donors (Lipinski definition) is 1. The summed E-state index contributed by atoms with van der Waals surface area (Å²) < 4.78 is 6.92. The Balaban J connectivity index is 1.71. The number of rotatable bonds is 6. The number of nitro groups is 1. The number of amidine groups is 1. The van der Waals surface area contributed by atoms with E-state index >= 15 is 0 Å². The summed E-state index contributed by atoms with van der Waals surface area (Å²) in [5, 5.41) is 14.4. The third kappa shape index (κ3) is 5.55. The number of aliphatic imine (C=N–C) groups is 1. The van der Waals surface area contributed by atoms with Gasteiger partial charge in [0.15, 0.2) is 0 Å². The van der Waals surface area contributed by atoms with E-state index in [9.17, 15) is 19.7 Å². The van der Waals surface area contributed by atoms with Crippen molar-refractivity contribution in [3.8, 4) is 5.75 Å². The third-order valence-electron chi connectivity index (χ3n) is 6.71. The summed E-state index contributed by atoms with van der Waals surface area (Å²) in [6.07, 6.45) is -0.287. The van der Waals surface area contributed by atoms with Crippen molar-refractivity contribution in [2.45, 2.75) is 32.0 Å². The second-order valence-corrected chi connectivity index (χ2v) is 10.7. The van der Waals surface area contributed by atoms with Crippen molar-refractivity contribution in [2.75, 3.05) is 19.6 Å². The lowest BCUT2D eigenvalue weighted by atomic mass is 9.94. The quantitative estimate of drug-likeness (QED) is 0.304. The Morgan fingerprint density at radius 3 is 2.48 bits per heavy atom. The van der Waals surface area contributed by atoms with Gasteiger partial charge < -0.3 is 15.0 Å². The summed E-state index contributed by atoms with van der Waals surface area (Å²) in [6.45, 7) is 4.25. The smallest absolute Gasteiger partial charge is 0.326 e. The van der Waals surface area contributed by atoms with Gasteiger partial charge in [-0.2, -0.15) is 0 Å². The van der Waals surface area contributed by atoms with Crippen molar-refractivity contribution in [3.05, 3.63) is 104 Å². The topological polar surface area (TPSA) is 117 Å². The Kier molecular flexibility index (Phi) is 7.83. The van der Waals surface area contributed by atoms with Gasteiger partial charge in [-0.1, -0.05) is 58.4 Å². The number of hydrogen-bond acceptors (Lipinski definition) is 6. The van der Waals surface area contributed by atoms with Crippen LogP contribution in [0.15, 0.2) is 82.3 Å². The Bertz CT molecular complexity index is 1460. The Hall–Kier alpha value is -4.25. The molecule has 1 saturated heterocycles. The van der Waals surface area contributed by atoms with Gasteiger partial charge in [-0.25, -0.2) is 4.79 Å². The van der Waals surface area contributed by atoms with E-state index in [0.29, 0.717) is 24.5 Å². The van der Waals surface area contributed by atoms with Crippen molar-refractivity contribution < 1.29 is 19.2 Å². The summed E-state index contributed by atoms with van der Waals surface area (Å²) in [5.41, 5.74) is 2.06. The number of nitrogens with one attached hydrogen (secondary N) is 1. The second-order valence-electron chi connectivity index (χ2n) is 9.83. The first-order valence-electron chi connectivity index (χ1n) is 12.9. The van der Waals surface area contributed by atoms with Gasteiger partial charge in [0.2, 0.25) is 5.91 Å². The van der Waals surface area contributed by atoms with Gasteiger partial charge in [0.1, 0.15) is 24.2 Å². The molecule has 5 rings (SSSR count). The Morgan fingerprint density at radius 2 is 1.82 bits per heavy atom. The van der Waals surface area contributed by atoms with Crippen LogP contribution >= 0.6 is 15.9 Å². The van der Waals surface area contributed by atoms with Gasteiger partial charge in [0.25, 0.3) is 5.69 Å². The average molecular weight is 606 g/mol. The van der Waals surface area contributed by atoms with E-state index in [1.807, 2.05) is 68.4 Å². The largest absolute Gasteiger partial charge is 0.490 e. The molecule has 40 heavy (non-hydrogen) atoms. The summed E-state index contributed by atoms with van der Waals surface area (Å²) in [7, 11) is 0. The molecule has 0 saturated carbocycles. The van der Waals surface area contributed by atoms with E-state index in [1.54, 1.807) is 11.0 Å². The van der Waals surface area contributed by atoms with Gasteiger partial charge in [-0.15, -0.1) is 0 Å². The molecule has 0 aliphatic carbocycles. The molecule has 206 valence electrons. The highest BCUT2D eigenvalue weighted by Gasteiger charge is 2.45. The molecule has 3 amide bonds. The molecule has 10 nitrogen and oxygen atoms in total. The first kappa shape index (κ1) is 27.3. The van der Waals surface area contributed by atoms with Crippen LogP contribution < -0.4 is 10.1 Å². The fourth-order valence-electron chi connectivity index (χ4n) is 4.96. The van der Waals surface area contributed by atoms with E-state index in [-0.39, 0.29) is 36.0 Å².